The number of benzene rings is 1. The quantitative estimate of drug-likeness (QED) is 0.883. The van der Waals surface area contributed by atoms with E-state index in [2.05, 4.69) is 5.32 Å². The van der Waals surface area contributed by atoms with Gasteiger partial charge in [0.1, 0.15) is 11.4 Å². The molecular weight excluding hydrogens is 290 g/mol. The molecule has 0 spiro atoms. The van der Waals surface area contributed by atoms with E-state index in [0.717, 1.165) is 5.56 Å². The number of rotatable bonds is 5. The molecule has 0 aliphatic rings. The standard InChI is InChI=1S/C16H22ClNO3/c1-11(19)5-10-14(12-6-8-13(17)9-7-12)18-15(20)21-16(2,3)4/h6-9,14H,5,10H2,1-4H3,(H,18,20). The van der Waals surface area contributed by atoms with E-state index >= 15 is 0 Å². The molecule has 1 rings (SSSR count). The lowest BCUT2D eigenvalue weighted by Gasteiger charge is -2.24. The van der Waals surface area contributed by atoms with Crippen molar-refractivity contribution in [1.29, 1.82) is 0 Å². The Morgan fingerprint density at radius 2 is 1.81 bits per heavy atom. The maximum Gasteiger partial charge on any atom is 0.408 e. The highest BCUT2D eigenvalue weighted by molar-refractivity contribution is 6.30. The Morgan fingerprint density at radius 1 is 1.24 bits per heavy atom. The van der Waals surface area contributed by atoms with Crippen molar-refractivity contribution in [3.8, 4) is 0 Å². The monoisotopic (exact) mass is 311 g/mol. The van der Waals surface area contributed by atoms with Crippen LogP contribution in [0.3, 0.4) is 0 Å². The van der Waals surface area contributed by atoms with Crippen molar-refractivity contribution in [2.24, 2.45) is 0 Å². The first-order valence-corrected chi connectivity index (χ1v) is 7.29. The molecule has 1 unspecified atom stereocenters. The topological polar surface area (TPSA) is 55.4 Å². The van der Waals surface area contributed by atoms with Gasteiger partial charge in [0, 0.05) is 11.4 Å². The molecular formula is C16H22ClNO3. The fourth-order valence-electron chi connectivity index (χ4n) is 1.81. The van der Waals surface area contributed by atoms with Crippen LogP contribution < -0.4 is 5.32 Å². The molecule has 5 heteroatoms. The van der Waals surface area contributed by atoms with Crippen molar-refractivity contribution >= 4 is 23.5 Å². The van der Waals surface area contributed by atoms with Gasteiger partial charge in [-0.05, 0) is 51.8 Å². The first kappa shape index (κ1) is 17.5. The third-order valence-corrected chi connectivity index (χ3v) is 3.00. The van der Waals surface area contributed by atoms with E-state index < -0.39 is 11.7 Å². The van der Waals surface area contributed by atoms with Crippen LogP contribution in [0.5, 0.6) is 0 Å². The Balaban J connectivity index is 2.79. The Bertz CT molecular complexity index is 491. The van der Waals surface area contributed by atoms with E-state index in [4.69, 9.17) is 16.3 Å². The normalized spacial score (nSPS) is 12.6. The van der Waals surface area contributed by atoms with Gasteiger partial charge >= 0.3 is 6.09 Å². The second-order valence-corrected chi connectivity index (χ2v) is 6.43. The number of halogens is 1. The molecule has 1 N–H and O–H groups in total. The average molecular weight is 312 g/mol. The first-order valence-electron chi connectivity index (χ1n) is 6.92. The first-order chi connectivity index (χ1) is 9.67. The molecule has 0 bridgehead atoms. The van der Waals surface area contributed by atoms with Crippen molar-refractivity contribution in [1.82, 2.24) is 5.32 Å². The van der Waals surface area contributed by atoms with E-state index in [1.165, 1.54) is 6.92 Å². The zero-order chi connectivity index (χ0) is 16.0. The molecule has 0 fully saturated rings. The van der Waals surface area contributed by atoms with E-state index in [0.29, 0.717) is 17.9 Å². The fraction of sp³-hybridized carbons (Fsp3) is 0.500. The summed E-state index contributed by atoms with van der Waals surface area (Å²) in [5, 5.41) is 3.43. The van der Waals surface area contributed by atoms with Gasteiger partial charge in [-0.2, -0.15) is 0 Å². The van der Waals surface area contributed by atoms with Gasteiger partial charge in [-0.1, -0.05) is 23.7 Å². The van der Waals surface area contributed by atoms with Gasteiger partial charge in [0.25, 0.3) is 0 Å². The summed E-state index contributed by atoms with van der Waals surface area (Å²) in [6.07, 6.45) is 0.422. The summed E-state index contributed by atoms with van der Waals surface area (Å²) >= 11 is 5.87. The molecule has 116 valence electrons. The largest absolute Gasteiger partial charge is 0.444 e. The van der Waals surface area contributed by atoms with Crippen molar-refractivity contribution in [3.05, 3.63) is 34.9 Å². The van der Waals surface area contributed by atoms with Crippen LogP contribution in [-0.2, 0) is 9.53 Å². The number of ether oxygens (including phenoxy) is 1. The molecule has 4 nitrogen and oxygen atoms in total. The summed E-state index contributed by atoms with van der Waals surface area (Å²) in [5.74, 6) is 0.0833. The van der Waals surface area contributed by atoms with E-state index in [1.807, 2.05) is 12.1 Å². The molecule has 0 radical (unpaired) electrons. The number of nitrogens with one attached hydrogen (secondary N) is 1. The summed E-state index contributed by atoms with van der Waals surface area (Å²) in [5.41, 5.74) is 0.335. The molecule has 0 aliphatic heterocycles. The van der Waals surface area contributed by atoms with Gasteiger partial charge in [0.05, 0.1) is 6.04 Å². The summed E-state index contributed by atoms with van der Waals surface area (Å²) < 4.78 is 5.26. The van der Waals surface area contributed by atoms with Crippen LogP contribution >= 0.6 is 11.6 Å². The highest BCUT2D eigenvalue weighted by atomic mass is 35.5. The smallest absolute Gasteiger partial charge is 0.408 e. The van der Waals surface area contributed by atoms with Crippen LogP contribution in [0.4, 0.5) is 4.79 Å². The van der Waals surface area contributed by atoms with Gasteiger partial charge in [0.15, 0.2) is 0 Å². The minimum absolute atomic E-state index is 0.0833. The van der Waals surface area contributed by atoms with Crippen molar-refractivity contribution in [2.45, 2.75) is 52.2 Å². The van der Waals surface area contributed by atoms with Gasteiger partial charge in [-0.25, -0.2) is 4.79 Å². The summed E-state index contributed by atoms with van der Waals surface area (Å²) in [7, 11) is 0. The Kier molecular flexibility index (Phi) is 6.21. The van der Waals surface area contributed by atoms with Gasteiger partial charge in [0.2, 0.25) is 0 Å². The minimum atomic E-state index is -0.560. The van der Waals surface area contributed by atoms with Crippen molar-refractivity contribution < 1.29 is 14.3 Å². The van der Waals surface area contributed by atoms with Crippen LogP contribution in [0.2, 0.25) is 5.02 Å². The Morgan fingerprint density at radius 3 is 2.29 bits per heavy atom. The van der Waals surface area contributed by atoms with E-state index in [-0.39, 0.29) is 11.8 Å². The van der Waals surface area contributed by atoms with Crippen molar-refractivity contribution in [3.63, 3.8) is 0 Å². The molecule has 0 saturated heterocycles. The average Bonchev–Trinajstić information content (AvgIpc) is 2.33. The van der Waals surface area contributed by atoms with E-state index in [9.17, 15) is 9.59 Å². The molecule has 0 heterocycles. The molecule has 0 aliphatic carbocycles. The summed E-state index contributed by atoms with van der Waals surface area (Å²) in [6, 6.07) is 6.92. The SMILES string of the molecule is CC(=O)CCC(NC(=O)OC(C)(C)C)c1ccc(Cl)cc1. The summed E-state index contributed by atoms with van der Waals surface area (Å²) in [6.45, 7) is 6.95. The van der Waals surface area contributed by atoms with Gasteiger partial charge in [-0.15, -0.1) is 0 Å². The number of amides is 1. The lowest BCUT2D eigenvalue weighted by molar-refractivity contribution is -0.117. The predicted molar refractivity (Wildman–Crippen MR) is 83.5 cm³/mol. The third-order valence-electron chi connectivity index (χ3n) is 2.75. The second-order valence-electron chi connectivity index (χ2n) is 5.99. The zero-order valence-electron chi connectivity index (χ0n) is 12.9. The lowest BCUT2D eigenvalue weighted by atomic mass is 10.0. The zero-order valence-corrected chi connectivity index (χ0v) is 13.7. The number of alkyl carbamates (subject to hydrolysis) is 1. The number of Topliss-reactive ketones (excluding diaryl/α,β-unsaturated/α-hetero) is 1. The highest BCUT2D eigenvalue weighted by Crippen LogP contribution is 2.21. The Labute approximate surface area is 130 Å². The maximum atomic E-state index is 11.9. The van der Waals surface area contributed by atoms with Crippen LogP contribution in [0.1, 0.15) is 52.1 Å². The number of carbonyl (C=O) groups excluding carboxylic acids is 2. The third kappa shape index (κ3) is 7.14. The molecule has 21 heavy (non-hydrogen) atoms. The van der Waals surface area contributed by atoms with Gasteiger partial charge in [-0.3, -0.25) is 0 Å². The molecule has 1 amide bonds. The molecule has 1 aromatic carbocycles. The number of carbonyl (C=O) groups is 2. The van der Waals surface area contributed by atoms with Crippen LogP contribution in [0, 0.1) is 0 Å². The second kappa shape index (κ2) is 7.46. The predicted octanol–water partition coefficient (Wildman–Crippen LogP) is 4.28. The molecule has 1 atom stereocenters. The van der Waals surface area contributed by atoms with Crippen LogP contribution in [-0.4, -0.2) is 17.5 Å². The Hall–Kier alpha value is -1.55. The molecule has 0 saturated carbocycles. The highest BCUT2D eigenvalue weighted by Gasteiger charge is 2.20. The van der Waals surface area contributed by atoms with Crippen molar-refractivity contribution in [2.75, 3.05) is 0 Å². The lowest BCUT2D eigenvalue weighted by Crippen LogP contribution is -2.35. The van der Waals surface area contributed by atoms with Gasteiger partial charge < -0.3 is 14.8 Å². The van der Waals surface area contributed by atoms with Crippen LogP contribution in [0.15, 0.2) is 24.3 Å². The number of ketones is 1. The summed E-state index contributed by atoms with van der Waals surface area (Å²) in [4.78, 5) is 23.1. The molecule has 0 aromatic heterocycles. The minimum Gasteiger partial charge on any atom is -0.444 e. The van der Waals surface area contributed by atoms with Crippen LogP contribution in [0.25, 0.3) is 0 Å². The number of hydrogen-bond donors (Lipinski definition) is 1. The van der Waals surface area contributed by atoms with E-state index in [1.54, 1.807) is 32.9 Å². The fourth-order valence-corrected chi connectivity index (χ4v) is 1.94. The maximum absolute atomic E-state index is 11.9. The molecule has 1 aromatic rings. The number of hydrogen-bond acceptors (Lipinski definition) is 3.